The maximum absolute atomic E-state index is 12.6. The molecule has 0 N–H and O–H groups in total. The lowest BCUT2D eigenvalue weighted by Gasteiger charge is -2.25. The van der Waals surface area contributed by atoms with Crippen LogP contribution in [-0.4, -0.2) is 55.9 Å². The number of piperidine rings is 1. The number of alkyl halides is 3. The van der Waals surface area contributed by atoms with E-state index in [1.165, 1.54) is 10.4 Å². The van der Waals surface area contributed by atoms with Crippen LogP contribution < -0.4 is 0 Å². The SMILES string of the molecule is CCN(CCC(F)(F)F)C(=O)Cc1ccc(S(=O)(=O)N2CCCCC2)s1. The number of amides is 1. The van der Waals surface area contributed by atoms with Crippen molar-refractivity contribution in [3.05, 3.63) is 17.0 Å². The fraction of sp³-hybridized carbons (Fsp3) is 0.688. The summed E-state index contributed by atoms with van der Waals surface area (Å²) in [4.78, 5) is 13.9. The van der Waals surface area contributed by atoms with Crippen LogP contribution in [0.5, 0.6) is 0 Å². The summed E-state index contributed by atoms with van der Waals surface area (Å²) in [7, 11) is -3.55. The van der Waals surface area contributed by atoms with Gasteiger partial charge in [0.25, 0.3) is 10.0 Å². The zero-order valence-electron chi connectivity index (χ0n) is 14.6. The van der Waals surface area contributed by atoms with Crippen molar-refractivity contribution in [3.63, 3.8) is 0 Å². The maximum atomic E-state index is 12.6. The molecule has 148 valence electrons. The second-order valence-corrected chi connectivity index (χ2v) is 9.53. The van der Waals surface area contributed by atoms with Crippen LogP contribution in [0.3, 0.4) is 0 Å². The van der Waals surface area contributed by atoms with Crippen LogP contribution >= 0.6 is 11.3 Å². The lowest BCUT2D eigenvalue weighted by molar-refractivity contribution is -0.144. The molecule has 0 saturated carbocycles. The molecule has 0 atom stereocenters. The van der Waals surface area contributed by atoms with Crippen molar-refractivity contribution in [2.24, 2.45) is 0 Å². The average molecular weight is 412 g/mol. The molecule has 1 aliphatic rings. The molecule has 1 saturated heterocycles. The number of carbonyl (C=O) groups excluding carboxylic acids is 1. The Balaban J connectivity index is 2.01. The summed E-state index contributed by atoms with van der Waals surface area (Å²) in [6.45, 7) is 2.41. The van der Waals surface area contributed by atoms with Crippen LogP contribution in [0.2, 0.25) is 0 Å². The first-order valence-corrected chi connectivity index (χ1v) is 10.8. The normalized spacial score (nSPS) is 16.6. The van der Waals surface area contributed by atoms with E-state index in [-0.39, 0.29) is 23.7 Å². The zero-order chi connectivity index (χ0) is 19.4. The van der Waals surface area contributed by atoms with Gasteiger partial charge in [-0.05, 0) is 31.9 Å². The standard InChI is InChI=1S/C16H23F3N2O3S2/c1-2-20(11-8-16(17,18)19)14(22)12-13-6-7-15(25-13)26(23,24)21-9-4-3-5-10-21/h6-7H,2-5,8-12H2,1H3. The van der Waals surface area contributed by atoms with Gasteiger partial charge in [0, 0.05) is 31.1 Å². The van der Waals surface area contributed by atoms with Crippen molar-refractivity contribution in [1.82, 2.24) is 9.21 Å². The minimum absolute atomic E-state index is 0.0914. The number of hydrogen-bond acceptors (Lipinski definition) is 4. The molecule has 2 heterocycles. The molecule has 1 fully saturated rings. The average Bonchev–Trinajstić information content (AvgIpc) is 3.04. The van der Waals surface area contributed by atoms with Gasteiger partial charge >= 0.3 is 6.18 Å². The Morgan fingerprint density at radius 2 is 1.88 bits per heavy atom. The first-order valence-electron chi connectivity index (χ1n) is 8.57. The quantitative estimate of drug-likeness (QED) is 0.691. The molecule has 0 radical (unpaired) electrons. The number of hydrogen-bond donors (Lipinski definition) is 0. The largest absolute Gasteiger partial charge is 0.390 e. The smallest absolute Gasteiger partial charge is 0.342 e. The summed E-state index contributed by atoms with van der Waals surface area (Å²) in [5.74, 6) is -0.430. The van der Waals surface area contributed by atoms with Gasteiger partial charge in [-0.25, -0.2) is 8.42 Å². The van der Waals surface area contributed by atoms with Crippen molar-refractivity contribution in [2.75, 3.05) is 26.2 Å². The van der Waals surface area contributed by atoms with Gasteiger partial charge in [-0.2, -0.15) is 17.5 Å². The van der Waals surface area contributed by atoms with Crippen LogP contribution in [-0.2, 0) is 21.2 Å². The molecule has 0 unspecified atom stereocenters. The second-order valence-electron chi connectivity index (χ2n) is 6.20. The van der Waals surface area contributed by atoms with Gasteiger partial charge in [0.05, 0.1) is 12.8 Å². The van der Waals surface area contributed by atoms with Gasteiger partial charge in [0.1, 0.15) is 4.21 Å². The van der Waals surface area contributed by atoms with E-state index < -0.39 is 28.5 Å². The Morgan fingerprint density at radius 3 is 2.46 bits per heavy atom. The summed E-state index contributed by atoms with van der Waals surface area (Å²) in [6.07, 6.45) is -2.77. The van der Waals surface area contributed by atoms with E-state index in [1.54, 1.807) is 13.0 Å². The third kappa shape index (κ3) is 5.68. The van der Waals surface area contributed by atoms with Gasteiger partial charge < -0.3 is 4.90 Å². The van der Waals surface area contributed by atoms with Crippen molar-refractivity contribution in [1.29, 1.82) is 0 Å². The highest BCUT2D eigenvalue weighted by molar-refractivity contribution is 7.91. The number of nitrogens with zero attached hydrogens (tertiary/aromatic N) is 2. The van der Waals surface area contributed by atoms with Crippen molar-refractivity contribution in [3.8, 4) is 0 Å². The number of halogens is 3. The Kier molecular flexibility index (Phi) is 7.09. The molecule has 1 aromatic heterocycles. The minimum Gasteiger partial charge on any atom is -0.342 e. The maximum Gasteiger partial charge on any atom is 0.390 e. The van der Waals surface area contributed by atoms with Gasteiger partial charge in [0.2, 0.25) is 5.91 Å². The molecule has 2 rings (SSSR count). The molecule has 0 aliphatic carbocycles. The molecular formula is C16H23F3N2O3S2. The number of likely N-dealkylation sites (N-methyl/N-ethyl adjacent to an activating group) is 1. The molecule has 10 heteroatoms. The van der Waals surface area contributed by atoms with Crippen LogP contribution in [0, 0.1) is 0 Å². The summed E-state index contributed by atoms with van der Waals surface area (Å²) < 4.78 is 63.9. The lowest BCUT2D eigenvalue weighted by Crippen LogP contribution is -2.35. The third-order valence-corrected chi connectivity index (χ3v) is 7.72. The van der Waals surface area contributed by atoms with Crippen LogP contribution in [0.4, 0.5) is 13.2 Å². The second kappa shape index (κ2) is 8.71. The van der Waals surface area contributed by atoms with E-state index >= 15 is 0 Å². The topological polar surface area (TPSA) is 57.7 Å². The predicted octanol–water partition coefficient (Wildman–Crippen LogP) is 3.27. The van der Waals surface area contributed by atoms with Gasteiger partial charge in [-0.3, -0.25) is 4.79 Å². The number of sulfonamides is 1. The molecule has 0 bridgehead atoms. The lowest BCUT2D eigenvalue weighted by atomic mass is 10.2. The Morgan fingerprint density at radius 1 is 1.23 bits per heavy atom. The predicted molar refractivity (Wildman–Crippen MR) is 93.6 cm³/mol. The molecule has 1 aromatic rings. The number of thiophene rings is 1. The summed E-state index contributed by atoms with van der Waals surface area (Å²) >= 11 is 1.01. The summed E-state index contributed by atoms with van der Waals surface area (Å²) in [6, 6.07) is 3.04. The fourth-order valence-corrected chi connectivity index (χ4v) is 5.82. The molecule has 0 aromatic carbocycles. The fourth-order valence-electron chi connectivity index (χ4n) is 2.81. The van der Waals surface area contributed by atoms with E-state index in [0.29, 0.717) is 18.0 Å². The van der Waals surface area contributed by atoms with Gasteiger partial charge in [-0.15, -0.1) is 11.3 Å². The van der Waals surface area contributed by atoms with Crippen molar-refractivity contribution in [2.45, 2.75) is 49.4 Å². The first-order chi connectivity index (χ1) is 12.1. The van der Waals surface area contributed by atoms with Crippen molar-refractivity contribution >= 4 is 27.3 Å². The monoisotopic (exact) mass is 412 g/mol. The highest BCUT2D eigenvalue weighted by Gasteiger charge is 2.30. The van der Waals surface area contributed by atoms with Crippen molar-refractivity contribution < 1.29 is 26.4 Å². The van der Waals surface area contributed by atoms with Crippen LogP contribution in [0.1, 0.15) is 37.5 Å². The molecule has 1 amide bonds. The minimum atomic E-state index is -4.31. The van der Waals surface area contributed by atoms with E-state index in [4.69, 9.17) is 0 Å². The molecule has 26 heavy (non-hydrogen) atoms. The highest BCUT2D eigenvalue weighted by Crippen LogP contribution is 2.28. The van der Waals surface area contributed by atoms with E-state index in [2.05, 4.69) is 0 Å². The van der Waals surface area contributed by atoms with Gasteiger partial charge in [-0.1, -0.05) is 6.42 Å². The summed E-state index contributed by atoms with van der Waals surface area (Å²) in [5.41, 5.74) is 0. The molecular weight excluding hydrogens is 389 g/mol. The number of carbonyl (C=O) groups is 1. The number of rotatable bonds is 7. The van der Waals surface area contributed by atoms with Crippen LogP contribution in [0.15, 0.2) is 16.3 Å². The van der Waals surface area contributed by atoms with E-state index in [0.717, 1.165) is 35.5 Å². The zero-order valence-corrected chi connectivity index (χ0v) is 16.2. The first kappa shape index (κ1) is 21.2. The Labute approximate surface area is 155 Å². The third-order valence-electron chi connectivity index (χ3n) is 4.27. The molecule has 0 spiro atoms. The van der Waals surface area contributed by atoms with Gasteiger partial charge in [0.15, 0.2) is 0 Å². The van der Waals surface area contributed by atoms with E-state index in [1.807, 2.05) is 0 Å². The van der Waals surface area contributed by atoms with Crippen LogP contribution in [0.25, 0.3) is 0 Å². The Hall–Kier alpha value is -1.13. The highest BCUT2D eigenvalue weighted by atomic mass is 32.2. The Bertz CT molecular complexity index is 711. The van der Waals surface area contributed by atoms with E-state index in [9.17, 15) is 26.4 Å². The molecule has 1 aliphatic heterocycles. The summed E-state index contributed by atoms with van der Waals surface area (Å²) in [5, 5.41) is 0. The molecule has 5 nitrogen and oxygen atoms in total.